The number of nitrogens with one attached hydrogen (secondary N) is 1. The van der Waals surface area contributed by atoms with Gasteiger partial charge in [0, 0.05) is 25.1 Å². The Kier molecular flexibility index (Phi) is 1.78. The first-order chi connectivity index (χ1) is 7.19. The van der Waals surface area contributed by atoms with Crippen LogP contribution in [0.5, 0.6) is 5.75 Å². The van der Waals surface area contributed by atoms with Gasteiger partial charge in [-0.1, -0.05) is 0 Å². The van der Waals surface area contributed by atoms with Gasteiger partial charge in [0.25, 0.3) is 0 Å². The summed E-state index contributed by atoms with van der Waals surface area (Å²) in [4.78, 5) is 0. The fraction of sp³-hybridized carbons (Fsp3) is 0.455. The van der Waals surface area contributed by atoms with Crippen LogP contribution in [-0.4, -0.2) is 23.8 Å². The van der Waals surface area contributed by atoms with E-state index in [2.05, 4.69) is 5.32 Å². The smallest absolute Gasteiger partial charge is 0.136 e. The van der Waals surface area contributed by atoms with E-state index in [9.17, 15) is 9.50 Å². The molecule has 0 aromatic heterocycles. The van der Waals surface area contributed by atoms with Gasteiger partial charge in [0.1, 0.15) is 17.2 Å². The second-order valence-electron chi connectivity index (χ2n) is 4.29. The monoisotopic (exact) mass is 209 g/mol. The molecule has 0 aliphatic carbocycles. The third-order valence-corrected chi connectivity index (χ3v) is 3.12. The van der Waals surface area contributed by atoms with E-state index in [1.54, 1.807) is 6.07 Å². The Morgan fingerprint density at radius 1 is 1.47 bits per heavy atom. The van der Waals surface area contributed by atoms with Crippen LogP contribution < -0.4 is 10.1 Å². The van der Waals surface area contributed by atoms with Crippen LogP contribution in [0.4, 0.5) is 4.39 Å². The Balaban J connectivity index is 2.01. The number of aliphatic hydroxyl groups is 1. The summed E-state index contributed by atoms with van der Waals surface area (Å²) in [6.07, 6.45) is -0.0808. The minimum Gasteiger partial charge on any atom is -0.484 e. The van der Waals surface area contributed by atoms with Gasteiger partial charge in [0.05, 0.1) is 6.10 Å². The number of aliphatic hydroxyl groups excluding tert-OH is 1. The first-order valence-corrected chi connectivity index (χ1v) is 5.06. The Hall–Kier alpha value is -1.13. The fourth-order valence-corrected chi connectivity index (χ4v) is 2.23. The lowest BCUT2D eigenvalue weighted by molar-refractivity contribution is -0.0484. The van der Waals surface area contributed by atoms with E-state index in [0.717, 1.165) is 13.1 Å². The van der Waals surface area contributed by atoms with Crippen LogP contribution in [0, 0.1) is 5.82 Å². The number of benzene rings is 1. The highest BCUT2D eigenvalue weighted by Crippen LogP contribution is 2.41. The third-order valence-electron chi connectivity index (χ3n) is 3.12. The van der Waals surface area contributed by atoms with Crippen molar-refractivity contribution in [2.45, 2.75) is 18.1 Å². The average molecular weight is 209 g/mol. The summed E-state index contributed by atoms with van der Waals surface area (Å²) >= 11 is 0. The van der Waals surface area contributed by atoms with Crippen molar-refractivity contribution in [3.8, 4) is 5.75 Å². The topological polar surface area (TPSA) is 41.5 Å². The van der Waals surface area contributed by atoms with E-state index in [1.165, 1.54) is 12.1 Å². The predicted octanol–water partition coefficient (Wildman–Crippen LogP) is 0.984. The van der Waals surface area contributed by atoms with Crippen LogP contribution in [0.2, 0.25) is 0 Å². The highest BCUT2D eigenvalue weighted by Gasteiger charge is 2.45. The Morgan fingerprint density at radius 2 is 2.27 bits per heavy atom. The molecule has 1 aromatic carbocycles. The summed E-state index contributed by atoms with van der Waals surface area (Å²) in [6.45, 7) is 1.50. The zero-order valence-electron chi connectivity index (χ0n) is 8.16. The number of hydrogen-bond donors (Lipinski definition) is 2. The lowest BCUT2D eigenvalue weighted by Crippen LogP contribution is -2.64. The van der Waals surface area contributed by atoms with E-state index < -0.39 is 6.10 Å². The van der Waals surface area contributed by atoms with Gasteiger partial charge in [-0.3, -0.25) is 0 Å². The molecule has 2 aliphatic heterocycles. The van der Waals surface area contributed by atoms with Gasteiger partial charge >= 0.3 is 0 Å². The van der Waals surface area contributed by atoms with Crippen LogP contribution in [0.1, 0.15) is 18.1 Å². The molecule has 0 saturated carbocycles. The fourth-order valence-electron chi connectivity index (χ4n) is 2.23. The molecule has 3 rings (SSSR count). The second kappa shape index (κ2) is 2.93. The molecule has 1 aromatic rings. The number of rotatable bonds is 0. The van der Waals surface area contributed by atoms with Crippen molar-refractivity contribution in [3.63, 3.8) is 0 Å². The van der Waals surface area contributed by atoms with Gasteiger partial charge in [-0.15, -0.1) is 0 Å². The molecule has 80 valence electrons. The molecule has 4 heteroatoms. The molecule has 2 heterocycles. The van der Waals surface area contributed by atoms with Gasteiger partial charge in [0.15, 0.2) is 0 Å². The first kappa shape index (κ1) is 9.12. The molecular formula is C11H12FNO2. The van der Waals surface area contributed by atoms with Crippen LogP contribution in [0.3, 0.4) is 0 Å². The van der Waals surface area contributed by atoms with Crippen LogP contribution in [0.15, 0.2) is 18.2 Å². The Labute approximate surface area is 86.9 Å². The molecule has 1 saturated heterocycles. The molecular weight excluding hydrogens is 197 g/mol. The molecule has 1 fully saturated rings. The normalized spacial score (nSPS) is 26.7. The summed E-state index contributed by atoms with van der Waals surface area (Å²) in [5.74, 6) is 0.274. The zero-order valence-corrected chi connectivity index (χ0v) is 8.16. The van der Waals surface area contributed by atoms with Crippen LogP contribution in [0.25, 0.3) is 0 Å². The van der Waals surface area contributed by atoms with Crippen molar-refractivity contribution in [3.05, 3.63) is 29.6 Å². The van der Waals surface area contributed by atoms with Gasteiger partial charge in [-0.2, -0.15) is 0 Å². The van der Waals surface area contributed by atoms with E-state index >= 15 is 0 Å². The molecule has 0 unspecified atom stereocenters. The SMILES string of the molecule is O[C@H]1CC2(CNC2)Oc2ccc(F)cc21. The number of fused-ring (bicyclic) bond motifs is 1. The van der Waals surface area contributed by atoms with Crippen LogP contribution >= 0.6 is 0 Å². The molecule has 1 spiro atoms. The zero-order chi connectivity index (χ0) is 10.5. The Morgan fingerprint density at radius 3 is 2.93 bits per heavy atom. The molecule has 2 N–H and O–H groups in total. The lowest BCUT2D eigenvalue weighted by atomic mass is 9.84. The molecule has 3 nitrogen and oxygen atoms in total. The summed E-state index contributed by atoms with van der Waals surface area (Å²) in [5.41, 5.74) is 0.289. The molecule has 0 bridgehead atoms. The number of ether oxygens (including phenoxy) is 1. The van der Waals surface area contributed by atoms with E-state index in [4.69, 9.17) is 4.74 Å². The van der Waals surface area contributed by atoms with Gasteiger partial charge in [0.2, 0.25) is 0 Å². The molecule has 2 aliphatic rings. The highest BCUT2D eigenvalue weighted by atomic mass is 19.1. The van der Waals surface area contributed by atoms with Crippen molar-refractivity contribution in [1.29, 1.82) is 0 Å². The standard InChI is InChI=1S/C11H12FNO2/c12-7-1-2-10-8(3-7)9(14)4-11(15-10)5-13-6-11/h1-3,9,13-14H,4-6H2/t9-/m0/s1. The summed E-state index contributed by atoms with van der Waals surface area (Å²) in [6, 6.07) is 4.29. The predicted molar refractivity (Wildman–Crippen MR) is 52.2 cm³/mol. The largest absolute Gasteiger partial charge is 0.484 e. The highest BCUT2D eigenvalue weighted by molar-refractivity contribution is 5.39. The van der Waals surface area contributed by atoms with Crippen molar-refractivity contribution in [1.82, 2.24) is 5.32 Å². The number of hydrogen-bond acceptors (Lipinski definition) is 3. The van der Waals surface area contributed by atoms with Gasteiger partial charge in [-0.05, 0) is 18.2 Å². The van der Waals surface area contributed by atoms with E-state index in [-0.39, 0.29) is 11.4 Å². The van der Waals surface area contributed by atoms with E-state index in [0.29, 0.717) is 17.7 Å². The molecule has 1 atom stereocenters. The maximum absolute atomic E-state index is 13.0. The summed E-state index contributed by atoms with van der Waals surface area (Å²) in [5, 5.41) is 13.0. The minimum atomic E-state index is -0.619. The quantitative estimate of drug-likeness (QED) is 0.669. The van der Waals surface area contributed by atoms with Gasteiger partial charge < -0.3 is 15.2 Å². The van der Waals surface area contributed by atoms with Gasteiger partial charge in [-0.25, -0.2) is 4.39 Å². The summed E-state index contributed by atoms with van der Waals surface area (Å²) < 4.78 is 18.8. The molecule has 15 heavy (non-hydrogen) atoms. The maximum Gasteiger partial charge on any atom is 0.136 e. The second-order valence-corrected chi connectivity index (χ2v) is 4.29. The molecule has 0 radical (unpaired) electrons. The Bertz CT molecular complexity index is 404. The first-order valence-electron chi connectivity index (χ1n) is 5.06. The minimum absolute atomic E-state index is 0.274. The van der Waals surface area contributed by atoms with Crippen molar-refractivity contribution in [2.75, 3.05) is 13.1 Å². The maximum atomic E-state index is 13.0. The lowest BCUT2D eigenvalue weighted by Gasteiger charge is -2.47. The van der Waals surface area contributed by atoms with Crippen molar-refractivity contribution in [2.24, 2.45) is 0 Å². The third kappa shape index (κ3) is 1.33. The average Bonchev–Trinajstić information content (AvgIpc) is 2.16. The van der Waals surface area contributed by atoms with Crippen molar-refractivity contribution < 1.29 is 14.2 Å². The molecule has 0 amide bonds. The van der Waals surface area contributed by atoms with E-state index in [1.807, 2.05) is 0 Å². The van der Waals surface area contributed by atoms with Crippen molar-refractivity contribution >= 4 is 0 Å². The van der Waals surface area contributed by atoms with Crippen LogP contribution in [-0.2, 0) is 0 Å². The number of halogens is 1. The summed E-state index contributed by atoms with van der Waals surface area (Å²) in [7, 11) is 0.